The summed E-state index contributed by atoms with van der Waals surface area (Å²) in [5.41, 5.74) is 11.0. The fourth-order valence-electron chi connectivity index (χ4n) is 2.44. The molecule has 0 aliphatic carbocycles. The molecule has 0 radical (unpaired) electrons. The van der Waals surface area contributed by atoms with Gasteiger partial charge in [0.15, 0.2) is 0 Å². The largest absolute Gasteiger partial charge is 0.480 e. The van der Waals surface area contributed by atoms with Gasteiger partial charge in [-0.2, -0.15) is 23.5 Å². The number of hydrogen-bond donors (Lipinski definition) is 7. The fraction of sp³-hybridized carbons (Fsp3) is 0.722. The van der Waals surface area contributed by atoms with Crippen molar-refractivity contribution in [2.45, 2.75) is 49.9 Å². The van der Waals surface area contributed by atoms with Crippen LogP contribution in [0.15, 0.2) is 0 Å². The molecule has 0 aromatic heterocycles. The number of aliphatic hydroxyl groups excluding tert-OH is 1. The normalized spacial score (nSPS) is 14.5. The van der Waals surface area contributed by atoms with E-state index in [0.717, 1.165) is 0 Å². The summed E-state index contributed by atoms with van der Waals surface area (Å²) < 4.78 is 0. The number of carboxylic acids is 1. The highest BCUT2D eigenvalue weighted by atomic mass is 32.2. The summed E-state index contributed by atoms with van der Waals surface area (Å²) in [6, 6.07) is -4.69. The first-order valence-electron chi connectivity index (χ1n) is 9.83. The molecule has 0 bridgehead atoms. The van der Waals surface area contributed by atoms with E-state index in [0.29, 0.717) is 17.9 Å². The highest BCUT2D eigenvalue weighted by Crippen LogP contribution is 2.06. The molecule has 14 heteroatoms. The number of carbonyl (C=O) groups is 5. The van der Waals surface area contributed by atoms with Gasteiger partial charge in [0.25, 0.3) is 0 Å². The van der Waals surface area contributed by atoms with E-state index < -0.39 is 60.4 Å². The smallest absolute Gasteiger partial charge is 0.328 e. The van der Waals surface area contributed by atoms with Gasteiger partial charge in [0.1, 0.15) is 18.1 Å². The van der Waals surface area contributed by atoms with Gasteiger partial charge < -0.3 is 37.6 Å². The second kappa shape index (κ2) is 16.6. The number of rotatable bonds is 17. The van der Waals surface area contributed by atoms with Crippen molar-refractivity contribution in [3.05, 3.63) is 0 Å². The molecule has 0 saturated heterocycles. The molecule has 0 aliphatic rings. The van der Waals surface area contributed by atoms with Gasteiger partial charge >= 0.3 is 5.97 Å². The zero-order valence-electron chi connectivity index (χ0n) is 18.2. The van der Waals surface area contributed by atoms with Crippen molar-refractivity contribution in [1.29, 1.82) is 0 Å². The molecule has 4 atom stereocenters. The molecule has 9 N–H and O–H groups in total. The number of nitrogens with one attached hydrogen (secondary N) is 3. The lowest BCUT2D eigenvalue weighted by molar-refractivity contribution is -0.143. The summed E-state index contributed by atoms with van der Waals surface area (Å²) >= 11 is 2.91. The molecule has 0 rings (SSSR count). The van der Waals surface area contributed by atoms with Crippen molar-refractivity contribution in [3.63, 3.8) is 0 Å². The Morgan fingerprint density at radius 1 is 0.812 bits per heavy atom. The molecule has 32 heavy (non-hydrogen) atoms. The summed E-state index contributed by atoms with van der Waals surface area (Å²) in [4.78, 5) is 59.9. The summed E-state index contributed by atoms with van der Waals surface area (Å²) in [7, 11) is 0. The lowest BCUT2D eigenvalue weighted by Crippen LogP contribution is -2.57. The number of aliphatic hydroxyl groups is 1. The molecule has 4 amide bonds. The Morgan fingerprint density at radius 2 is 1.28 bits per heavy atom. The second-order valence-corrected chi connectivity index (χ2v) is 8.85. The zero-order chi connectivity index (χ0) is 24.7. The minimum absolute atomic E-state index is 0.104. The third-order valence-electron chi connectivity index (χ3n) is 4.32. The topological polar surface area (TPSA) is 214 Å². The van der Waals surface area contributed by atoms with Gasteiger partial charge in [-0.1, -0.05) is 0 Å². The third-order valence-corrected chi connectivity index (χ3v) is 5.61. The number of hydrogen-bond acceptors (Lipinski definition) is 9. The number of thioether (sulfide) groups is 2. The van der Waals surface area contributed by atoms with E-state index in [1.807, 2.05) is 6.26 Å². The minimum Gasteiger partial charge on any atom is -0.480 e. The monoisotopic (exact) mass is 495 g/mol. The van der Waals surface area contributed by atoms with E-state index in [1.165, 1.54) is 23.5 Å². The van der Waals surface area contributed by atoms with Gasteiger partial charge in [0.2, 0.25) is 23.6 Å². The molecular weight excluding hydrogens is 462 g/mol. The molecule has 184 valence electrons. The van der Waals surface area contributed by atoms with Gasteiger partial charge in [-0.3, -0.25) is 19.2 Å². The number of amides is 4. The Morgan fingerprint density at radius 3 is 1.75 bits per heavy atom. The second-order valence-electron chi connectivity index (χ2n) is 6.88. The average molecular weight is 496 g/mol. The molecule has 12 nitrogen and oxygen atoms in total. The van der Waals surface area contributed by atoms with Crippen LogP contribution in [0.3, 0.4) is 0 Å². The van der Waals surface area contributed by atoms with Crippen LogP contribution in [0.5, 0.6) is 0 Å². The van der Waals surface area contributed by atoms with Gasteiger partial charge in [-0.15, -0.1) is 0 Å². The van der Waals surface area contributed by atoms with E-state index in [2.05, 4.69) is 16.0 Å². The van der Waals surface area contributed by atoms with Gasteiger partial charge in [0, 0.05) is 6.42 Å². The van der Waals surface area contributed by atoms with E-state index >= 15 is 0 Å². The quantitative estimate of drug-likeness (QED) is 0.114. The standard InChI is InChI=1S/C18H33N5O7S2/c1-31-7-5-10(19)15(26)21-11(3-4-14(20)25)16(27)22-12(6-8-32-2)17(28)23-13(9-24)18(29)30/h10-13,24H,3-9,19H2,1-2H3,(H2,20,25)(H,21,26)(H,22,27)(H,23,28)(H,29,30). The van der Waals surface area contributed by atoms with E-state index in [4.69, 9.17) is 21.7 Å². The van der Waals surface area contributed by atoms with Crippen LogP contribution in [0.4, 0.5) is 0 Å². The predicted octanol–water partition coefficient (Wildman–Crippen LogP) is -2.38. The van der Waals surface area contributed by atoms with Crippen LogP contribution in [0, 0.1) is 0 Å². The number of nitrogens with two attached hydrogens (primary N) is 2. The molecule has 0 saturated carbocycles. The maximum absolute atomic E-state index is 12.8. The average Bonchev–Trinajstić information content (AvgIpc) is 2.74. The van der Waals surface area contributed by atoms with Crippen molar-refractivity contribution in [3.8, 4) is 0 Å². The van der Waals surface area contributed by atoms with Crippen LogP contribution in [0.25, 0.3) is 0 Å². The van der Waals surface area contributed by atoms with Crippen molar-refractivity contribution >= 4 is 53.1 Å². The predicted molar refractivity (Wildman–Crippen MR) is 123 cm³/mol. The summed E-state index contributed by atoms with van der Waals surface area (Å²) in [5.74, 6) is -3.12. The number of carbonyl (C=O) groups excluding carboxylic acids is 4. The first-order chi connectivity index (χ1) is 15.1. The molecule has 0 heterocycles. The van der Waals surface area contributed by atoms with E-state index in [9.17, 15) is 24.0 Å². The van der Waals surface area contributed by atoms with Crippen molar-refractivity contribution in [1.82, 2.24) is 16.0 Å². The lowest BCUT2D eigenvalue weighted by atomic mass is 10.1. The molecular formula is C18H33N5O7S2. The van der Waals surface area contributed by atoms with E-state index in [-0.39, 0.29) is 19.3 Å². The first kappa shape index (κ1) is 30.0. The zero-order valence-corrected chi connectivity index (χ0v) is 19.8. The van der Waals surface area contributed by atoms with Crippen LogP contribution in [-0.4, -0.2) is 94.6 Å². The highest BCUT2D eigenvalue weighted by molar-refractivity contribution is 7.98. The van der Waals surface area contributed by atoms with Crippen LogP contribution in [0.1, 0.15) is 25.7 Å². The van der Waals surface area contributed by atoms with Crippen LogP contribution in [-0.2, 0) is 24.0 Å². The maximum Gasteiger partial charge on any atom is 0.328 e. The summed E-state index contributed by atoms with van der Waals surface area (Å²) in [6.07, 6.45) is 3.91. The molecule has 0 aromatic carbocycles. The van der Waals surface area contributed by atoms with Crippen LogP contribution < -0.4 is 27.4 Å². The number of primary amides is 1. The summed E-state index contributed by atoms with van der Waals surface area (Å²) in [6.45, 7) is -0.824. The molecule has 0 aliphatic heterocycles. The molecule has 0 aromatic rings. The lowest BCUT2D eigenvalue weighted by Gasteiger charge is -2.24. The van der Waals surface area contributed by atoms with E-state index in [1.54, 1.807) is 6.26 Å². The van der Waals surface area contributed by atoms with Crippen LogP contribution in [0.2, 0.25) is 0 Å². The van der Waals surface area contributed by atoms with Gasteiger partial charge in [0.05, 0.1) is 12.6 Å². The fourth-order valence-corrected chi connectivity index (χ4v) is 3.41. The van der Waals surface area contributed by atoms with Gasteiger partial charge in [-0.05, 0) is 43.3 Å². The summed E-state index contributed by atoms with van der Waals surface area (Å²) in [5, 5.41) is 25.3. The Labute approximate surface area is 195 Å². The van der Waals surface area contributed by atoms with Crippen LogP contribution >= 0.6 is 23.5 Å². The minimum atomic E-state index is -1.53. The molecule has 4 unspecified atom stereocenters. The SMILES string of the molecule is CSCCC(N)C(=O)NC(CCC(N)=O)C(=O)NC(CCSC)C(=O)NC(CO)C(=O)O. The molecule has 0 fully saturated rings. The maximum atomic E-state index is 12.8. The molecule has 0 spiro atoms. The van der Waals surface area contributed by atoms with Crippen molar-refractivity contribution in [2.75, 3.05) is 30.6 Å². The highest BCUT2D eigenvalue weighted by Gasteiger charge is 2.30. The number of aliphatic carboxylic acids is 1. The Balaban J connectivity index is 5.38. The Hall–Kier alpha value is -2.03. The number of carboxylic acid groups (broad SMARTS) is 1. The van der Waals surface area contributed by atoms with Crippen molar-refractivity contribution in [2.24, 2.45) is 11.5 Å². The van der Waals surface area contributed by atoms with Gasteiger partial charge in [-0.25, -0.2) is 4.79 Å². The Kier molecular flexibility index (Phi) is 15.5. The first-order valence-corrected chi connectivity index (χ1v) is 12.6. The Bertz CT molecular complexity index is 653. The third kappa shape index (κ3) is 12.1. The van der Waals surface area contributed by atoms with Crippen molar-refractivity contribution < 1.29 is 34.2 Å².